The number of nitrogens with zero attached hydrogens (tertiary/aromatic N) is 1. The first-order chi connectivity index (χ1) is 10.5. The van der Waals surface area contributed by atoms with E-state index in [4.69, 9.17) is 10.5 Å². The summed E-state index contributed by atoms with van der Waals surface area (Å²) in [6.45, 7) is 0. The van der Waals surface area contributed by atoms with Gasteiger partial charge in [-0.05, 0) is 40.3 Å². The molecule has 0 amide bonds. The Hall–Kier alpha value is -2.54. The fourth-order valence-electron chi connectivity index (χ4n) is 2.41. The number of benzene rings is 1. The third kappa shape index (κ3) is 2.29. The molecule has 22 heavy (non-hydrogen) atoms. The minimum absolute atomic E-state index is 0.0332. The van der Waals surface area contributed by atoms with Gasteiger partial charge in [0.1, 0.15) is 11.6 Å². The number of nitrogens with one attached hydrogen (secondary N) is 2. The number of ether oxygens (including phenoxy) is 1. The minimum atomic E-state index is -0.696. The van der Waals surface area contributed by atoms with Gasteiger partial charge in [-0.2, -0.15) is 5.26 Å². The zero-order valence-electron chi connectivity index (χ0n) is 11.0. The number of hydrogen-bond donors (Lipinski definition) is 3. The van der Waals surface area contributed by atoms with E-state index in [2.05, 4.69) is 32.6 Å². The van der Waals surface area contributed by atoms with Crippen LogP contribution in [0.25, 0.3) is 0 Å². The smallest absolute Gasteiger partial charge is 0.328 e. The zero-order chi connectivity index (χ0) is 15.9. The largest absolute Gasteiger partial charge is 0.424 e. The van der Waals surface area contributed by atoms with Crippen LogP contribution in [-0.4, -0.2) is 9.97 Å². The van der Waals surface area contributed by atoms with E-state index in [1.165, 1.54) is 0 Å². The average molecular weight is 408 g/mol. The lowest BCUT2D eigenvalue weighted by Crippen LogP contribution is -2.33. The summed E-state index contributed by atoms with van der Waals surface area (Å²) in [4.78, 5) is 28.1. The first kappa shape index (κ1) is 14.4. The Morgan fingerprint density at radius 2 is 2.09 bits per heavy atom. The molecule has 0 saturated carbocycles. The number of allylic oxidation sites excluding steroid dienone is 1. The van der Waals surface area contributed by atoms with Gasteiger partial charge in [-0.15, -0.1) is 0 Å². The summed E-state index contributed by atoms with van der Waals surface area (Å²) in [5.74, 6) is -0.849. The molecule has 1 atom stereocenters. The van der Waals surface area contributed by atoms with Crippen molar-refractivity contribution >= 4 is 22.6 Å². The molecule has 1 aromatic heterocycles. The highest BCUT2D eigenvalue weighted by Crippen LogP contribution is 2.38. The minimum Gasteiger partial charge on any atom is -0.424 e. The highest BCUT2D eigenvalue weighted by molar-refractivity contribution is 14.1. The van der Waals surface area contributed by atoms with Crippen molar-refractivity contribution in [3.8, 4) is 11.9 Å². The molecular formula is C14H9IN4O3. The molecule has 1 aliphatic rings. The number of H-pyrrole nitrogens is 2. The fraction of sp³-hybridized carbons (Fsp3) is 0.0714. The molecule has 0 fully saturated rings. The highest BCUT2D eigenvalue weighted by atomic mass is 127. The van der Waals surface area contributed by atoms with Crippen LogP contribution in [0.15, 0.2) is 45.3 Å². The van der Waals surface area contributed by atoms with Gasteiger partial charge in [-0.1, -0.05) is 12.1 Å². The first-order valence-corrected chi connectivity index (χ1v) is 7.28. The monoisotopic (exact) mass is 408 g/mol. The lowest BCUT2D eigenvalue weighted by Gasteiger charge is -2.24. The van der Waals surface area contributed by atoms with Crippen molar-refractivity contribution in [3.05, 3.63) is 71.3 Å². The molecule has 0 radical (unpaired) electrons. The van der Waals surface area contributed by atoms with Crippen molar-refractivity contribution in [2.45, 2.75) is 5.92 Å². The Morgan fingerprint density at radius 3 is 2.77 bits per heavy atom. The van der Waals surface area contributed by atoms with Crippen molar-refractivity contribution < 1.29 is 4.74 Å². The van der Waals surface area contributed by atoms with Gasteiger partial charge in [0.25, 0.3) is 5.56 Å². The first-order valence-electron chi connectivity index (χ1n) is 6.21. The topological polar surface area (TPSA) is 125 Å². The number of rotatable bonds is 1. The normalized spacial score (nSPS) is 16.6. The van der Waals surface area contributed by atoms with Crippen LogP contribution in [0.2, 0.25) is 0 Å². The third-order valence-corrected chi connectivity index (χ3v) is 3.97. The van der Waals surface area contributed by atoms with Gasteiger partial charge in [0.05, 0.1) is 11.5 Å². The zero-order valence-corrected chi connectivity index (χ0v) is 13.2. The van der Waals surface area contributed by atoms with E-state index in [1.54, 1.807) is 6.07 Å². The molecule has 0 aliphatic carbocycles. The molecule has 0 spiro atoms. The molecule has 2 aromatic rings. The Morgan fingerprint density at radius 1 is 1.32 bits per heavy atom. The van der Waals surface area contributed by atoms with Crippen LogP contribution in [0, 0.1) is 14.9 Å². The van der Waals surface area contributed by atoms with Crippen LogP contribution >= 0.6 is 22.6 Å². The van der Waals surface area contributed by atoms with E-state index in [-0.39, 0.29) is 22.9 Å². The molecule has 7 nitrogen and oxygen atoms in total. The molecule has 1 aromatic carbocycles. The molecular weight excluding hydrogens is 399 g/mol. The van der Waals surface area contributed by atoms with Crippen molar-refractivity contribution in [2.24, 2.45) is 5.73 Å². The van der Waals surface area contributed by atoms with Gasteiger partial charge in [0.2, 0.25) is 11.8 Å². The number of fused-ring (bicyclic) bond motifs is 1. The predicted octanol–water partition coefficient (Wildman–Crippen LogP) is 0.886. The Bertz CT molecular complexity index is 952. The van der Waals surface area contributed by atoms with Crippen molar-refractivity contribution in [3.63, 3.8) is 0 Å². The Balaban J connectivity index is 2.34. The number of hydrogen-bond acceptors (Lipinski definition) is 5. The van der Waals surface area contributed by atoms with E-state index in [0.717, 1.165) is 3.57 Å². The number of halogens is 1. The Kier molecular flexibility index (Phi) is 3.50. The maximum Gasteiger partial charge on any atom is 0.328 e. The lowest BCUT2D eigenvalue weighted by atomic mass is 9.85. The van der Waals surface area contributed by atoms with Crippen LogP contribution in [0.4, 0.5) is 0 Å². The summed E-state index contributed by atoms with van der Waals surface area (Å²) in [7, 11) is 0. The average Bonchev–Trinajstić information content (AvgIpc) is 2.45. The number of aromatic amines is 2. The molecule has 0 bridgehead atoms. The molecule has 0 unspecified atom stereocenters. The van der Waals surface area contributed by atoms with Crippen LogP contribution in [0.3, 0.4) is 0 Å². The third-order valence-electron chi connectivity index (χ3n) is 3.30. The van der Waals surface area contributed by atoms with Crippen LogP contribution in [0.1, 0.15) is 17.0 Å². The maximum atomic E-state index is 12.2. The molecule has 3 rings (SSSR count). The summed E-state index contributed by atoms with van der Waals surface area (Å²) in [5, 5.41) is 9.38. The van der Waals surface area contributed by atoms with Gasteiger partial charge in [0, 0.05) is 3.57 Å². The summed E-state index contributed by atoms with van der Waals surface area (Å²) < 4.78 is 6.18. The number of nitrogens with two attached hydrogens (primary N) is 1. The molecule has 8 heteroatoms. The number of nitriles is 1. The highest BCUT2D eigenvalue weighted by Gasteiger charge is 2.34. The number of aromatic nitrogens is 2. The predicted molar refractivity (Wildman–Crippen MR) is 86.1 cm³/mol. The SMILES string of the molecule is N#CC1=C(N)Oc2[nH]c(=O)[nH]c(=O)c2[C@@H]1c1cccc(I)c1. The van der Waals surface area contributed by atoms with E-state index in [1.807, 2.05) is 24.3 Å². The standard InChI is InChI=1S/C14H9IN4O3/c15-7-3-1-2-6(4-7)9-8(5-16)11(17)22-13-10(9)12(20)18-14(21)19-13/h1-4,9H,17H2,(H2,18,19,20,21)/t9-/m1/s1. The van der Waals surface area contributed by atoms with Crippen LogP contribution < -0.4 is 21.7 Å². The quantitative estimate of drug-likeness (QED) is 0.605. The van der Waals surface area contributed by atoms with Gasteiger partial charge in [0.15, 0.2) is 0 Å². The van der Waals surface area contributed by atoms with Crippen molar-refractivity contribution in [1.29, 1.82) is 5.26 Å². The lowest BCUT2D eigenvalue weighted by molar-refractivity contribution is 0.373. The van der Waals surface area contributed by atoms with E-state index in [0.29, 0.717) is 5.56 Å². The second kappa shape index (κ2) is 5.34. The van der Waals surface area contributed by atoms with Gasteiger partial charge in [-0.3, -0.25) is 14.8 Å². The summed E-state index contributed by atoms with van der Waals surface area (Å²) in [5.41, 5.74) is 5.47. The van der Waals surface area contributed by atoms with Gasteiger partial charge in [-0.25, -0.2) is 4.79 Å². The Labute approximate surface area is 137 Å². The summed E-state index contributed by atoms with van der Waals surface area (Å²) in [6, 6.07) is 9.32. The molecule has 4 N–H and O–H groups in total. The molecule has 1 aliphatic heterocycles. The molecule has 0 saturated heterocycles. The van der Waals surface area contributed by atoms with Gasteiger partial charge >= 0.3 is 5.69 Å². The van der Waals surface area contributed by atoms with E-state index < -0.39 is 17.2 Å². The van der Waals surface area contributed by atoms with Crippen LogP contribution in [-0.2, 0) is 0 Å². The van der Waals surface area contributed by atoms with E-state index >= 15 is 0 Å². The second-order valence-corrected chi connectivity index (χ2v) is 5.88. The summed E-state index contributed by atoms with van der Waals surface area (Å²) >= 11 is 2.13. The second-order valence-electron chi connectivity index (χ2n) is 4.63. The van der Waals surface area contributed by atoms with Crippen molar-refractivity contribution in [2.75, 3.05) is 0 Å². The fourth-order valence-corrected chi connectivity index (χ4v) is 2.98. The summed E-state index contributed by atoms with van der Waals surface area (Å²) in [6.07, 6.45) is 0. The van der Waals surface area contributed by atoms with Crippen LogP contribution in [0.5, 0.6) is 5.88 Å². The maximum absolute atomic E-state index is 12.2. The molecule has 110 valence electrons. The van der Waals surface area contributed by atoms with E-state index in [9.17, 15) is 14.9 Å². The van der Waals surface area contributed by atoms with Crippen molar-refractivity contribution in [1.82, 2.24) is 9.97 Å². The molecule has 2 heterocycles. The van der Waals surface area contributed by atoms with Gasteiger partial charge < -0.3 is 10.5 Å².